The molecule has 20 heavy (non-hydrogen) atoms. The molecule has 3 rings (SSSR count). The molecule has 0 aliphatic heterocycles. The number of nitrogens with zero attached hydrogens (tertiary/aromatic N) is 2. The van der Waals surface area contributed by atoms with Gasteiger partial charge < -0.3 is 9.74 Å². The zero-order valence-electron chi connectivity index (χ0n) is 12.0. The molecule has 0 bridgehead atoms. The molecule has 1 heterocycles. The quantitative estimate of drug-likeness (QED) is 0.661. The summed E-state index contributed by atoms with van der Waals surface area (Å²) in [5.41, 5.74) is 2.28. The van der Waals surface area contributed by atoms with Crippen LogP contribution in [0.25, 0.3) is 21.8 Å². The van der Waals surface area contributed by atoms with E-state index in [1.165, 1.54) is 10.8 Å². The molecular formula is C17H20N2O. The van der Waals surface area contributed by atoms with Crippen molar-refractivity contribution in [2.75, 3.05) is 27.2 Å². The van der Waals surface area contributed by atoms with Gasteiger partial charge in [0.25, 0.3) is 0 Å². The predicted molar refractivity (Wildman–Crippen MR) is 84.1 cm³/mol. The average Bonchev–Trinajstić information content (AvgIpc) is 2.78. The molecule has 3 nitrogen and oxygen atoms in total. The highest BCUT2D eigenvalue weighted by Crippen LogP contribution is 2.27. The van der Waals surface area contributed by atoms with Crippen LogP contribution in [0.1, 0.15) is 6.42 Å². The minimum Gasteiger partial charge on any atom is -0.413 e. The molecule has 0 saturated carbocycles. The summed E-state index contributed by atoms with van der Waals surface area (Å²) in [6.45, 7) is 1.76. The number of benzene rings is 2. The molecule has 0 fully saturated rings. The van der Waals surface area contributed by atoms with Gasteiger partial charge in [-0.2, -0.15) is 4.73 Å². The number of aromatic nitrogens is 1. The highest BCUT2D eigenvalue weighted by atomic mass is 16.7. The minimum absolute atomic E-state index is 0.723. The molecule has 1 aromatic heterocycles. The average molecular weight is 268 g/mol. The summed E-state index contributed by atoms with van der Waals surface area (Å²) in [4.78, 5) is 8.19. The molecule has 0 radical (unpaired) electrons. The summed E-state index contributed by atoms with van der Waals surface area (Å²) in [5, 5.41) is 2.49. The highest BCUT2D eigenvalue weighted by Gasteiger charge is 2.09. The smallest absolute Gasteiger partial charge is 0.116 e. The lowest BCUT2D eigenvalue weighted by Gasteiger charge is -2.12. The van der Waals surface area contributed by atoms with Gasteiger partial charge in [-0.25, -0.2) is 0 Å². The standard InChI is InChI=1S/C17H20N2O/c1-18(2)12-7-13-20-19-16-10-5-3-8-14(16)15-9-4-6-11-17(15)19/h3-6,8-11H,7,12-13H2,1-2H3. The van der Waals surface area contributed by atoms with Crippen LogP contribution in [0.5, 0.6) is 0 Å². The van der Waals surface area contributed by atoms with Gasteiger partial charge in [-0.05, 0) is 32.6 Å². The molecule has 3 aromatic rings. The van der Waals surface area contributed by atoms with E-state index in [2.05, 4.69) is 67.5 Å². The molecule has 0 saturated heterocycles. The highest BCUT2D eigenvalue weighted by molar-refractivity contribution is 6.07. The first-order valence-corrected chi connectivity index (χ1v) is 7.03. The molecule has 104 valence electrons. The lowest BCUT2D eigenvalue weighted by atomic mass is 10.2. The zero-order valence-corrected chi connectivity index (χ0v) is 12.0. The number of para-hydroxylation sites is 2. The Morgan fingerprint density at radius 2 is 1.45 bits per heavy atom. The van der Waals surface area contributed by atoms with E-state index in [0.717, 1.165) is 30.6 Å². The van der Waals surface area contributed by atoms with Crippen molar-refractivity contribution < 1.29 is 4.84 Å². The molecule has 0 aliphatic carbocycles. The molecule has 0 aliphatic rings. The summed E-state index contributed by atoms with van der Waals surface area (Å²) in [7, 11) is 4.17. The topological polar surface area (TPSA) is 17.4 Å². The number of fused-ring (bicyclic) bond motifs is 3. The third-order valence-electron chi connectivity index (χ3n) is 3.51. The second-order valence-corrected chi connectivity index (χ2v) is 5.32. The normalized spacial score (nSPS) is 11.6. The second kappa shape index (κ2) is 5.55. The van der Waals surface area contributed by atoms with Crippen molar-refractivity contribution >= 4 is 21.8 Å². The van der Waals surface area contributed by atoms with E-state index in [0.29, 0.717) is 0 Å². The molecule has 0 atom stereocenters. The van der Waals surface area contributed by atoms with Crippen LogP contribution in [0.3, 0.4) is 0 Å². The third kappa shape index (κ3) is 2.37. The van der Waals surface area contributed by atoms with Crippen LogP contribution < -0.4 is 4.84 Å². The van der Waals surface area contributed by atoms with Crippen LogP contribution in [-0.4, -0.2) is 36.9 Å². The first kappa shape index (κ1) is 13.0. The van der Waals surface area contributed by atoms with Crippen molar-refractivity contribution in [3.8, 4) is 0 Å². The van der Waals surface area contributed by atoms with Crippen LogP contribution >= 0.6 is 0 Å². The van der Waals surface area contributed by atoms with E-state index in [1.54, 1.807) is 0 Å². The first-order chi connectivity index (χ1) is 9.77. The van der Waals surface area contributed by atoms with Crippen molar-refractivity contribution in [2.24, 2.45) is 0 Å². The minimum atomic E-state index is 0.723. The zero-order chi connectivity index (χ0) is 13.9. The third-order valence-corrected chi connectivity index (χ3v) is 3.51. The van der Waals surface area contributed by atoms with Crippen LogP contribution in [0.4, 0.5) is 0 Å². The molecular weight excluding hydrogens is 248 g/mol. The number of hydrogen-bond donors (Lipinski definition) is 0. The second-order valence-electron chi connectivity index (χ2n) is 5.32. The van der Waals surface area contributed by atoms with Crippen molar-refractivity contribution in [1.82, 2.24) is 9.63 Å². The van der Waals surface area contributed by atoms with E-state index in [1.807, 2.05) is 4.73 Å². The van der Waals surface area contributed by atoms with Gasteiger partial charge in [0.1, 0.15) is 6.61 Å². The summed E-state index contributed by atoms with van der Waals surface area (Å²) in [6, 6.07) is 16.8. The summed E-state index contributed by atoms with van der Waals surface area (Å²) in [6.07, 6.45) is 1.02. The maximum Gasteiger partial charge on any atom is 0.116 e. The van der Waals surface area contributed by atoms with Gasteiger partial charge in [-0.15, -0.1) is 0 Å². The maximum absolute atomic E-state index is 6.01. The number of hydrogen-bond acceptors (Lipinski definition) is 2. The Kier molecular flexibility index (Phi) is 3.61. The SMILES string of the molecule is CN(C)CCCOn1c2ccccc2c2ccccc21. The van der Waals surface area contributed by atoms with E-state index in [-0.39, 0.29) is 0 Å². The number of rotatable bonds is 5. The van der Waals surface area contributed by atoms with Crippen molar-refractivity contribution in [3.63, 3.8) is 0 Å². The Morgan fingerprint density at radius 1 is 0.900 bits per heavy atom. The Bertz CT molecular complexity index is 662. The van der Waals surface area contributed by atoms with Crippen molar-refractivity contribution in [2.45, 2.75) is 6.42 Å². The van der Waals surface area contributed by atoms with Gasteiger partial charge in [0.2, 0.25) is 0 Å². The summed E-state index contributed by atoms with van der Waals surface area (Å²) in [5.74, 6) is 0. The molecule has 0 spiro atoms. The molecule has 0 unspecified atom stereocenters. The van der Waals surface area contributed by atoms with E-state index in [4.69, 9.17) is 4.84 Å². The summed E-state index contributed by atoms with van der Waals surface area (Å²) >= 11 is 0. The Hall–Kier alpha value is -2.00. The largest absolute Gasteiger partial charge is 0.413 e. The fourth-order valence-corrected chi connectivity index (χ4v) is 2.56. The first-order valence-electron chi connectivity index (χ1n) is 7.03. The Morgan fingerprint density at radius 3 is 2.00 bits per heavy atom. The predicted octanol–water partition coefficient (Wildman–Crippen LogP) is 3.17. The van der Waals surface area contributed by atoms with Crippen LogP contribution in [-0.2, 0) is 0 Å². The lowest BCUT2D eigenvalue weighted by Crippen LogP contribution is -2.19. The van der Waals surface area contributed by atoms with Gasteiger partial charge >= 0.3 is 0 Å². The molecule has 0 amide bonds. The molecule has 2 aromatic carbocycles. The van der Waals surface area contributed by atoms with Gasteiger partial charge in [0, 0.05) is 17.3 Å². The van der Waals surface area contributed by atoms with Crippen LogP contribution in [0.15, 0.2) is 48.5 Å². The fraction of sp³-hybridized carbons (Fsp3) is 0.294. The fourth-order valence-electron chi connectivity index (χ4n) is 2.56. The van der Waals surface area contributed by atoms with Gasteiger partial charge in [-0.3, -0.25) is 0 Å². The van der Waals surface area contributed by atoms with Crippen molar-refractivity contribution in [1.29, 1.82) is 0 Å². The lowest BCUT2D eigenvalue weighted by molar-refractivity contribution is 0.122. The van der Waals surface area contributed by atoms with Crippen molar-refractivity contribution in [3.05, 3.63) is 48.5 Å². The van der Waals surface area contributed by atoms with Crippen LogP contribution in [0.2, 0.25) is 0 Å². The Labute approximate surface area is 119 Å². The van der Waals surface area contributed by atoms with Gasteiger partial charge in [0.05, 0.1) is 11.0 Å². The molecule has 3 heteroatoms. The molecule has 0 N–H and O–H groups in total. The van der Waals surface area contributed by atoms with Gasteiger partial charge in [-0.1, -0.05) is 36.4 Å². The maximum atomic E-state index is 6.01. The monoisotopic (exact) mass is 268 g/mol. The van der Waals surface area contributed by atoms with E-state index in [9.17, 15) is 0 Å². The summed E-state index contributed by atoms with van der Waals surface area (Å²) < 4.78 is 1.97. The van der Waals surface area contributed by atoms with Crippen LogP contribution in [0, 0.1) is 0 Å². The Balaban J connectivity index is 1.95. The van der Waals surface area contributed by atoms with Gasteiger partial charge in [0.15, 0.2) is 0 Å². The van der Waals surface area contributed by atoms with E-state index >= 15 is 0 Å². The van der Waals surface area contributed by atoms with E-state index < -0.39 is 0 Å².